The molecule has 0 bridgehead atoms. The topological polar surface area (TPSA) is 50.3 Å². The second kappa shape index (κ2) is 5.16. The van der Waals surface area contributed by atoms with E-state index in [0.717, 1.165) is 13.0 Å². The molecular formula is C10H20FN5. The van der Waals surface area contributed by atoms with E-state index in [4.69, 9.17) is 5.73 Å². The Labute approximate surface area is 95.6 Å². The van der Waals surface area contributed by atoms with Crippen LogP contribution in [0.5, 0.6) is 0 Å². The number of rotatable bonds is 5. The number of nitrogens with zero attached hydrogens (tertiary/aromatic N) is 4. The first kappa shape index (κ1) is 12.8. The third-order valence-electron chi connectivity index (χ3n) is 2.32. The van der Waals surface area contributed by atoms with E-state index in [1.54, 1.807) is 9.58 Å². The number of hydrogen-bond acceptors (Lipinski definition) is 4. The van der Waals surface area contributed by atoms with Crippen molar-refractivity contribution in [2.45, 2.75) is 13.0 Å². The maximum Gasteiger partial charge on any atom is 0.257 e. The highest BCUT2D eigenvalue weighted by molar-refractivity contribution is 5.62. The molecule has 0 aromatic carbocycles. The molecule has 1 heterocycles. The summed E-state index contributed by atoms with van der Waals surface area (Å²) in [6, 6.07) is 0. The molecule has 1 rings (SSSR count). The Morgan fingerprint density at radius 3 is 2.44 bits per heavy atom. The number of hydrogen-bond donors (Lipinski definition) is 1. The van der Waals surface area contributed by atoms with E-state index in [1.165, 1.54) is 0 Å². The highest BCUT2D eigenvalue weighted by Crippen LogP contribution is 2.24. The Balaban J connectivity index is 2.75. The van der Waals surface area contributed by atoms with Gasteiger partial charge in [0.05, 0.1) is 0 Å². The highest BCUT2D eigenvalue weighted by atomic mass is 19.1. The van der Waals surface area contributed by atoms with Gasteiger partial charge in [0.25, 0.3) is 5.95 Å². The number of anilines is 2. The maximum atomic E-state index is 13.3. The van der Waals surface area contributed by atoms with E-state index < -0.39 is 5.95 Å². The van der Waals surface area contributed by atoms with Gasteiger partial charge >= 0.3 is 0 Å². The first-order valence-corrected chi connectivity index (χ1v) is 5.27. The zero-order chi connectivity index (χ0) is 12.3. The van der Waals surface area contributed by atoms with E-state index in [1.807, 2.05) is 28.2 Å². The zero-order valence-corrected chi connectivity index (χ0v) is 10.4. The van der Waals surface area contributed by atoms with Crippen molar-refractivity contribution in [3.63, 3.8) is 0 Å². The summed E-state index contributed by atoms with van der Waals surface area (Å²) in [6.45, 7) is 1.61. The molecule has 0 aliphatic carbocycles. The van der Waals surface area contributed by atoms with Crippen LogP contribution in [-0.4, -0.2) is 49.4 Å². The van der Waals surface area contributed by atoms with Crippen molar-refractivity contribution in [1.82, 2.24) is 14.7 Å². The Bertz CT molecular complexity index is 345. The van der Waals surface area contributed by atoms with Crippen LogP contribution in [0.15, 0.2) is 0 Å². The average Bonchev–Trinajstić information content (AvgIpc) is 2.42. The van der Waals surface area contributed by atoms with E-state index in [0.29, 0.717) is 12.4 Å². The van der Waals surface area contributed by atoms with Crippen LogP contribution in [0.2, 0.25) is 0 Å². The molecule has 1 aromatic rings. The summed E-state index contributed by atoms with van der Waals surface area (Å²) in [6.07, 6.45) is 0.911. The monoisotopic (exact) mass is 229 g/mol. The van der Waals surface area contributed by atoms with Crippen molar-refractivity contribution in [3.05, 3.63) is 5.95 Å². The third-order valence-corrected chi connectivity index (χ3v) is 2.32. The van der Waals surface area contributed by atoms with Crippen molar-refractivity contribution >= 4 is 11.5 Å². The average molecular weight is 229 g/mol. The largest absolute Gasteiger partial charge is 0.392 e. The first-order chi connectivity index (χ1) is 7.43. The van der Waals surface area contributed by atoms with Crippen molar-refractivity contribution < 1.29 is 4.39 Å². The smallest absolute Gasteiger partial charge is 0.257 e. The van der Waals surface area contributed by atoms with Gasteiger partial charge in [-0.15, -0.1) is 5.10 Å². The van der Waals surface area contributed by atoms with Gasteiger partial charge in [0.2, 0.25) is 0 Å². The normalized spacial score (nSPS) is 11.1. The van der Waals surface area contributed by atoms with Gasteiger partial charge in [0, 0.05) is 20.6 Å². The van der Waals surface area contributed by atoms with Crippen molar-refractivity contribution in [2.24, 2.45) is 0 Å². The molecule has 0 amide bonds. The molecule has 0 aliphatic rings. The number of nitrogens with two attached hydrogens (primary N) is 1. The van der Waals surface area contributed by atoms with Gasteiger partial charge in [-0.25, -0.2) is 4.68 Å². The fourth-order valence-corrected chi connectivity index (χ4v) is 1.60. The summed E-state index contributed by atoms with van der Waals surface area (Å²) >= 11 is 0. The molecule has 0 saturated carbocycles. The Morgan fingerprint density at radius 2 is 1.94 bits per heavy atom. The van der Waals surface area contributed by atoms with Gasteiger partial charge in [-0.05, 0) is 27.1 Å². The van der Waals surface area contributed by atoms with Crippen LogP contribution < -0.4 is 10.6 Å². The van der Waals surface area contributed by atoms with Crippen molar-refractivity contribution in [3.8, 4) is 0 Å². The SMILES string of the molecule is CN(C)CCCn1nc(F)c(N)c1N(C)C. The number of halogens is 1. The second-order valence-electron chi connectivity index (χ2n) is 4.30. The molecule has 5 nitrogen and oxygen atoms in total. The van der Waals surface area contributed by atoms with Crippen molar-refractivity contribution in [1.29, 1.82) is 0 Å². The summed E-state index contributed by atoms with van der Waals surface area (Å²) < 4.78 is 14.9. The van der Waals surface area contributed by atoms with Crippen LogP contribution in [0.4, 0.5) is 15.9 Å². The first-order valence-electron chi connectivity index (χ1n) is 5.27. The fourth-order valence-electron chi connectivity index (χ4n) is 1.60. The lowest BCUT2D eigenvalue weighted by Gasteiger charge is -2.16. The molecule has 0 atom stereocenters. The van der Waals surface area contributed by atoms with Gasteiger partial charge in [0.1, 0.15) is 5.69 Å². The molecule has 92 valence electrons. The van der Waals surface area contributed by atoms with Crippen LogP contribution in [0.3, 0.4) is 0 Å². The van der Waals surface area contributed by atoms with Crippen LogP contribution in [-0.2, 0) is 6.54 Å². The van der Waals surface area contributed by atoms with E-state index in [9.17, 15) is 4.39 Å². The van der Waals surface area contributed by atoms with Gasteiger partial charge in [-0.1, -0.05) is 0 Å². The molecule has 16 heavy (non-hydrogen) atoms. The van der Waals surface area contributed by atoms with Gasteiger partial charge in [-0.3, -0.25) is 0 Å². The summed E-state index contributed by atoms with van der Waals surface area (Å²) in [5, 5.41) is 3.79. The van der Waals surface area contributed by atoms with E-state index >= 15 is 0 Å². The molecule has 0 fully saturated rings. The molecule has 0 spiro atoms. The minimum atomic E-state index is -0.589. The van der Waals surface area contributed by atoms with Gasteiger partial charge in [0.15, 0.2) is 5.82 Å². The lowest BCUT2D eigenvalue weighted by molar-refractivity contribution is 0.378. The number of aryl methyl sites for hydroxylation is 1. The summed E-state index contributed by atoms with van der Waals surface area (Å²) in [5.41, 5.74) is 5.75. The summed E-state index contributed by atoms with van der Waals surface area (Å²) in [7, 11) is 7.67. The van der Waals surface area contributed by atoms with Crippen molar-refractivity contribution in [2.75, 3.05) is 45.4 Å². The zero-order valence-electron chi connectivity index (χ0n) is 10.4. The molecule has 0 unspecified atom stereocenters. The highest BCUT2D eigenvalue weighted by Gasteiger charge is 2.16. The van der Waals surface area contributed by atoms with Gasteiger partial charge in [-0.2, -0.15) is 4.39 Å². The fraction of sp³-hybridized carbons (Fsp3) is 0.700. The van der Waals surface area contributed by atoms with Crippen LogP contribution >= 0.6 is 0 Å². The lowest BCUT2D eigenvalue weighted by Crippen LogP contribution is -2.19. The maximum absolute atomic E-state index is 13.3. The summed E-state index contributed by atoms with van der Waals surface area (Å²) in [4.78, 5) is 3.86. The third kappa shape index (κ3) is 2.85. The number of nitrogen functional groups attached to an aromatic ring is 1. The minimum Gasteiger partial charge on any atom is -0.392 e. The predicted molar refractivity (Wildman–Crippen MR) is 64.1 cm³/mol. The molecule has 0 saturated heterocycles. The molecule has 2 N–H and O–H groups in total. The molecule has 6 heteroatoms. The van der Waals surface area contributed by atoms with Crippen LogP contribution in [0.25, 0.3) is 0 Å². The molecule has 0 radical (unpaired) electrons. The van der Waals surface area contributed by atoms with Crippen LogP contribution in [0.1, 0.15) is 6.42 Å². The predicted octanol–water partition coefficient (Wildman–Crippen LogP) is 0.622. The number of aromatic nitrogens is 2. The Kier molecular flexibility index (Phi) is 4.12. The van der Waals surface area contributed by atoms with E-state index in [2.05, 4.69) is 10.00 Å². The molecule has 1 aromatic heterocycles. The molecular weight excluding hydrogens is 209 g/mol. The second-order valence-corrected chi connectivity index (χ2v) is 4.30. The standard InChI is InChI=1S/C10H20FN5/c1-14(2)6-5-7-16-10(15(3)4)8(12)9(11)13-16/h5-7,12H2,1-4H3. The van der Waals surface area contributed by atoms with Crippen LogP contribution in [0, 0.1) is 5.95 Å². The van der Waals surface area contributed by atoms with Gasteiger partial charge < -0.3 is 15.5 Å². The summed E-state index contributed by atoms with van der Waals surface area (Å²) in [5.74, 6) is 0.0461. The molecule has 0 aliphatic heterocycles. The van der Waals surface area contributed by atoms with E-state index in [-0.39, 0.29) is 5.69 Å². The lowest BCUT2D eigenvalue weighted by atomic mass is 10.4. The Hall–Kier alpha value is -1.30. The minimum absolute atomic E-state index is 0.120. The quantitative estimate of drug-likeness (QED) is 0.804. The Morgan fingerprint density at radius 1 is 1.31 bits per heavy atom.